The molecule has 0 radical (unpaired) electrons. The molecular weight excluding hydrogens is 727 g/mol. The summed E-state index contributed by atoms with van der Waals surface area (Å²) in [6, 6.07) is 66.0. The summed E-state index contributed by atoms with van der Waals surface area (Å²) >= 11 is 1.82. The SMILES string of the molecule is c1ccc(-c2nc(-c3ccc(-c4ccc5nc(-c6ccccc6)c6ccc7oc8ccccc8c7c6c5c4)cc3)cc(-c3ccc4c(c3)sc3ccccc34)n2)cc1. The lowest BCUT2D eigenvalue weighted by Crippen LogP contribution is -1.96. The van der Waals surface area contributed by atoms with E-state index in [1.807, 2.05) is 47.7 Å². The van der Waals surface area contributed by atoms with Gasteiger partial charge in [0.2, 0.25) is 0 Å². The van der Waals surface area contributed by atoms with Gasteiger partial charge < -0.3 is 4.42 Å². The number of pyridine rings is 1. The molecule has 0 unspecified atom stereocenters. The van der Waals surface area contributed by atoms with E-state index in [1.165, 1.54) is 20.2 Å². The molecule has 4 nitrogen and oxygen atoms in total. The Morgan fingerprint density at radius 1 is 0.345 bits per heavy atom. The maximum Gasteiger partial charge on any atom is 0.160 e. The lowest BCUT2D eigenvalue weighted by Gasteiger charge is -2.13. The van der Waals surface area contributed by atoms with Gasteiger partial charge in [0.05, 0.1) is 22.6 Å². The zero-order valence-corrected chi connectivity index (χ0v) is 31.9. The number of fused-ring (bicyclic) bond motifs is 10. The van der Waals surface area contributed by atoms with Gasteiger partial charge in [-0.1, -0.05) is 140 Å². The molecular formula is C53H31N3OS. The van der Waals surface area contributed by atoms with Gasteiger partial charge in [-0.2, -0.15) is 0 Å². The molecule has 12 rings (SSSR count). The Bertz CT molecular complexity index is 3550. The van der Waals surface area contributed by atoms with Crippen LogP contribution in [0.4, 0.5) is 0 Å². The van der Waals surface area contributed by atoms with Crippen LogP contribution >= 0.6 is 11.3 Å². The second kappa shape index (κ2) is 13.1. The molecule has 0 aliphatic carbocycles. The highest BCUT2D eigenvalue weighted by Gasteiger charge is 2.18. The van der Waals surface area contributed by atoms with Gasteiger partial charge in [0, 0.05) is 69.4 Å². The Labute approximate surface area is 337 Å². The van der Waals surface area contributed by atoms with E-state index < -0.39 is 0 Å². The minimum absolute atomic E-state index is 0.704. The Morgan fingerprint density at radius 2 is 0.983 bits per heavy atom. The predicted molar refractivity (Wildman–Crippen MR) is 242 cm³/mol. The summed E-state index contributed by atoms with van der Waals surface area (Å²) in [5.74, 6) is 0.704. The quantitative estimate of drug-likeness (QED) is 0.164. The summed E-state index contributed by atoms with van der Waals surface area (Å²) in [5.41, 5.74) is 11.8. The van der Waals surface area contributed by atoms with Crippen LogP contribution in [0, 0.1) is 0 Å². The van der Waals surface area contributed by atoms with Crippen LogP contribution in [-0.4, -0.2) is 15.0 Å². The normalized spacial score (nSPS) is 11.8. The van der Waals surface area contributed by atoms with Gasteiger partial charge in [0.25, 0.3) is 0 Å². The molecule has 5 heteroatoms. The third-order valence-electron chi connectivity index (χ3n) is 11.3. The summed E-state index contributed by atoms with van der Waals surface area (Å²) in [7, 11) is 0. The van der Waals surface area contributed by atoms with E-state index in [-0.39, 0.29) is 0 Å². The first-order valence-corrected chi connectivity index (χ1v) is 20.2. The molecule has 0 N–H and O–H groups in total. The molecule has 0 saturated heterocycles. The minimum atomic E-state index is 0.704. The van der Waals surface area contributed by atoms with Crippen LogP contribution in [0.25, 0.3) is 120 Å². The number of aromatic nitrogens is 3. The summed E-state index contributed by atoms with van der Waals surface area (Å²) in [6.45, 7) is 0. The molecule has 0 spiro atoms. The molecule has 0 atom stereocenters. The summed E-state index contributed by atoms with van der Waals surface area (Å²) in [6.07, 6.45) is 0. The van der Waals surface area contributed by atoms with E-state index in [9.17, 15) is 0 Å². The molecule has 0 fully saturated rings. The lowest BCUT2D eigenvalue weighted by molar-refractivity contribution is 0.669. The van der Waals surface area contributed by atoms with Crippen molar-refractivity contribution in [3.8, 4) is 56.3 Å². The monoisotopic (exact) mass is 757 g/mol. The highest BCUT2D eigenvalue weighted by molar-refractivity contribution is 7.25. The number of hydrogen-bond acceptors (Lipinski definition) is 5. The van der Waals surface area contributed by atoms with Gasteiger partial charge in [-0.3, -0.25) is 0 Å². The molecule has 0 aliphatic heterocycles. The summed E-state index contributed by atoms with van der Waals surface area (Å²) < 4.78 is 8.94. The average Bonchev–Trinajstić information content (AvgIpc) is 3.87. The first-order valence-electron chi connectivity index (χ1n) is 19.4. The largest absolute Gasteiger partial charge is 0.456 e. The summed E-state index contributed by atoms with van der Waals surface area (Å²) in [5, 5.41) is 8.13. The lowest BCUT2D eigenvalue weighted by atomic mass is 9.94. The minimum Gasteiger partial charge on any atom is -0.456 e. The fourth-order valence-electron chi connectivity index (χ4n) is 8.48. The Kier molecular flexibility index (Phi) is 7.37. The van der Waals surface area contributed by atoms with E-state index in [0.717, 1.165) is 94.1 Å². The second-order valence-corrected chi connectivity index (χ2v) is 15.8. The van der Waals surface area contributed by atoms with Gasteiger partial charge in [-0.15, -0.1) is 11.3 Å². The van der Waals surface area contributed by atoms with Crippen LogP contribution in [0.3, 0.4) is 0 Å². The smallest absolute Gasteiger partial charge is 0.160 e. The van der Waals surface area contributed by atoms with Crippen LogP contribution < -0.4 is 0 Å². The molecule has 8 aromatic carbocycles. The van der Waals surface area contributed by atoms with Crippen molar-refractivity contribution in [3.05, 3.63) is 188 Å². The Morgan fingerprint density at radius 3 is 1.81 bits per heavy atom. The van der Waals surface area contributed by atoms with Crippen molar-refractivity contribution in [1.82, 2.24) is 15.0 Å². The van der Waals surface area contributed by atoms with E-state index in [0.29, 0.717) is 5.82 Å². The van der Waals surface area contributed by atoms with Crippen LogP contribution in [0.15, 0.2) is 192 Å². The number of thiophene rings is 1. The van der Waals surface area contributed by atoms with E-state index in [2.05, 4.69) is 152 Å². The zero-order chi connectivity index (χ0) is 38.2. The Balaban J connectivity index is 0.992. The van der Waals surface area contributed by atoms with Crippen molar-refractivity contribution in [3.63, 3.8) is 0 Å². The standard InChI is InChI=1S/C53H31N3OS/c1-3-11-34(12-4-1)52-41-26-28-47-51(40-16-7-9-17-46(40)57-47)50(41)42-29-36(24-27-43(42)54-52)32-19-21-33(22-20-32)44-31-45(56-53(55-44)35-13-5-2-6-14-35)37-23-25-39-38-15-8-10-18-48(38)58-49(39)30-37/h1-31H. The van der Waals surface area contributed by atoms with Crippen molar-refractivity contribution in [2.45, 2.75) is 0 Å². The highest BCUT2D eigenvalue weighted by atomic mass is 32.1. The van der Waals surface area contributed by atoms with Crippen molar-refractivity contribution >= 4 is 75.1 Å². The predicted octanol–water partition coefficient (Wildman–Crippen LogP) is 14.8. The Hall–Kier alpha value is -7.47. The van der Waals surface area contributed by atoms with Gasteiger partial charge in [0.1, 0.15) is 11.2 Å². The van der Waals surface area contributed by atoms with E-state index in [4.69, 9.17) is 19.4 Å². The molecule has 4 aromatic heterocycles. The van der Waals surface area contributed by atoms with Crippen LogP contribution in [0.5, 0.6) is 0 Å². The first kappa shape index (κ1) is 32.7. The fourth-order valence-corrected chi connectivity index (χ4v) is 9.63. The first-order chi connectivity index (χ1) is 28.7. The van der Waals surface area contributed by atoms with Gasteiger partial charge in [-0.25, -0.2) is 15.0 Å². The molecule has 4 heterocycles. The maximum atomic E-state index is 6.40. The molecule has 58 heavy (non-hydrogen) atoms. The van der Waals surface area contributed by atoms with Crippen molar-refractivity contribution in [1.29, 1.82) is 0 Å². The third-order valence-corrected chi connectivity index (χ3v) is 12.4. The molecule has 0 saturated carbocycles. The van der Waals surface area contributed by atoms with Gasteiger partial charge >= 0.3 is 0 Å². The number of nitrogens with zero attached hydrogens (tertiary/aromatic N) is 3. The molecule has 0 bridgehead atoms. The molecule has 0 amide bonds. The van der Waals surface area contributed by atoms with Crippen LogP contribution in [0.2, 0.25) is 0 Å². The fraction of sp³-hybridized carbons (Fsp3) is 0. The van der Waals surface area contributed by atoms with E-state index >= 15 is 0 Å². The summed E-state index contributed by atoms with van der Waals surface area (Å²) in [4.78, 5) is 15.5. The number of para-hydroxylation sites is 1. The molecule has 0 aliphatic rings. The van der Waals surface area contributed by atoms with E-state index in [1.54, 1.807) is 0 Å². The highest BCUT2D eigenvalue weighted by Crippen LogP contribution is 2.43. The zero-order valence-electron chi connectivity index (χ0n) is 31.1. The second-order valence-electron chi connectivity index (χ2n) is 14.7. The number of furan rings is 1. The van der Waals surface area contributed by atoms with Gasteiger partial charge in [0.15, 0.2) is 5.82 Å². The van der Waals surface area contributed by atoms with Crippen molar-refractivity contribution in [2.24, 2.45) is 0 Å². The maximum absolute atomic E-state index is 6.40. The third kappa shape index (κ3) is 5.32. The topological polar surface area (TPSA) is 51.8 Å². The number of hydrogen-bond donors (Lipinski definition) is 0. The number of rotatable bonds is 5. The average molecular weight is 758 g/mol. The van der Waals surface area contributed by atoms with Crippen molar-refractivity contribution in [2.75, 3.05) is 0 Å². The van der Waals surface area contributed by atoms with Crippen LogP contribution in [0.1, 0.15) is 0 Å². The number of benzene rings is 8. The molecule has 270 valence electrons. The van der Waals surface area contributed by atoms with Crippen LogP contribution in [-0.2, 0) is 0 Å². The molecule has 12 aromatic rings. The van der Waals surface area contributed by atoms with Crippen molar-refractivity contribution < 1.29 is 4.42 Å². The van der Waals surface area contributed by atoms with Gasteiger partial charge in [-0.05, 0) is 59.7 Å².